The highest BCUT2D eigenvalue weighted by Gasteiger charge is 2.15. The van der Waals surface area contributed by atoms with E-state index in [0.717, 1.165) is 15.0 Å². The number of phenolic OH excluding ortho intramolecular Hbond substituents is 2. The quantitative estimate of drug-likeness (QED) is 0.0885. The summed E-state index contributed by atoms with van der Waals surface area (Å²) < 4.78 is 22.6. The smallest absolute Gasteiger partial charge is 0.344 e. The van der Waals surface area contributed by atoms with Crippen LogP contribution < -0.4 is 14.9 Å². The zero-order chi connectivity index (χ0) is 27.4. The number of carbonyl (C=O) groups excluding carboxylic acids is 1. The van der Waals surface area contributed by atoms with Crippen molar-refractivity contribution in [2.45, 2.75) is 0 Å². The molecule has 0 amide bonds. The summed E-state index contributed by atoms with van der Waals surface area (Å²) in [6.07, 6.45) is 1.29. The largest absolute Gasteiger partial charge is 0.508 e. The molecule has 0 radical (unpaired) electrons. The third-order valence-electron chi connectivity index (χ3n) is 5.66. The van der Waals surface area contributed by atoms with Crippen molar-refractivity contribution >= 4 is 49.8 Å². The third-order valence-corrected chi connectivity index (χ3v) is 8.32. The first-order chi connectivity index (χ1) is 18.9. The Hall–Kier alpha value is -4.19. The van der Waals surface area contributed by atoms with Gasteiger partial charge in [-0.2, -0.15) is 0 Å². The maximum absolute atomic E-state index is 12.9. The standard InChI is InChI=1S/C28H20O8S3/c29-18-5-1-16(2-6-18)21-13-36-24-12-20(11-23(30)26(24)27(21)32)33-9-10-34-25(31)14-35-19-7-3-17(4-8-19)22-15-38-39-28(22)37/h1-8,11-13,15,29-30H,9-10,14H2. The van der Waals surface area contributed by atoms with Crippen LogP contribution in [0.3, 0.4) is 0 Å². The summed E-state index contributed by atoms with van der Waals surface area (Å²) in [4.78, 5) is 25.0. The predicted octanol–water partition coefficient (Wildman–Crippen LogP) is 6.39. The molecule has 198 valence electrons. The average molecular weight is 581 g/mol. The summed E-state index contributed by atoms with van der Waals surface area (Å²) >= 11 is 5.31. The zero-order valence-electron chi connectivity index (χ0n) is 20.1. The van der Waals surface area contributed by atoms with Crippen LogP contribution in [0.5, 0.6) is 23.0 Å². The van der Waals surface area contributed by atoms with Crippen LogP contribution in [-0.4, -0.2) is 36.0 Å². The molecule has 0 bridgehead atoms. The molecule has 0 saturated heterocycles. The fourth-order valence-corrected chi connectivity index (χ4v) is 6.15. The maximum Gasteiger partial charge on any atom is 0.344 e. The summed E-state index contributed by atoms with van der Waals surface area (Å²) in [6, 6.07) is 16.1. The molecule has 5 rings (SSSR count). The van der Waals surface area contributed by atoms with Gasteiger partial charge in [-0.05, 0) is 35.4 Å². The minimum Gasteiger partial charge on any atom is -0.508 e. The van der Waals surface area contributed by atoms with Crippen LogP contribution in [0.25, 0.3) is 33.2 Å². The first-order valence-corrected chi connectivity index (χ1v) is 14.2. The lowest BCUT2D eigenvalue weighted by atomic mass is 10.0. The summed E-state index contributed by atoms with van der Waals surface area (Å²) in [5.41, 5.74) is 2.48. The Labute approximate surface area is 234 Å². The molecule has 0 fully saturated rings. The van der Waals surface area contributed by atoms with Crippen molar-refractivity contribution in [1.29, 1.82) is 0 Å². The normalized spacial score (nSPS) is 10.9. The summed E-state index contributed by atoms with van der Waals surface area (Å²) in [5.74, 6) is -0.0418. The Balaban J connectivity index is 1.13. The second-order valence-corrected chi connectivity index (χ2v) is 11.0. The van der Waals surface area contributed by atoms with E-state index in [2.05, 4.69) is 0 Å². The Bertz CT molecular complexity index is 1730. The lowest BCUT2D eigenvalue weighted by molar-refractivity contribution is -0.146. The minimum absolute atomic E-state index is 0.00462. The number of phenols is 2. The molecule has 3 aromatic carbocycles. The van der Waals surface area contributed by atoms with Crippen molar-refractivity contribution in [2.24, 2.45) is 0 Å². The highest BCUT2D eigenvalue weighted by Crippen LogP contribution is 2.31. The van der Waals surface area contributed by atoms with Gasteiger partial charge in [0.15, 0.2) is 6.61 Å². The van der Waals surface area contributed by atoms with Crippen molar-refractivity contribution < 1.29 is 33.6 Å². The fourth-order valence-electron chi connectivity index (χ4n) is 3.76. The maximum atomic E-state index is 12.9. The Morgan fingerprint density at radius 2 is 1.62 bits per heavy atom. The predicted molar refractivity (Wildman–Crippen MR) is 152 cm³/mol. The van der Waals surface area contributed by atoms with Crippen molar-refractivity contribution in [3.63, 3.8) is 0 Å². The van der Waals surface area contributed by atoms with Gasteiger partial charge in [0.25, 0.3) is 0 Å². The van der Waals surface area contributed by atoms with Gasteiger partial charge in [0.1, 0.15) is 57.3 Å². The van der Waals surface area contributed by atoms with Crippen LogP contribution in [0.1, 0.15) is 0 Å². The van der Waals surface area contributed by atoms with Gasteiger partial charge >= 0.3 is 5.97 Å². The number of rotatable bonds is 9. The highest BCUT2D eigenvalue weighted by atomic mass is 32.9. The van der Waals surface area contributed by atoms with E-state index in [0.29, 0.717) is 11.3 Å². The lowest BCUT2D eigenvalue weighted by Crippen LogP contribution is -2.18. The minimum atomic E-state index is -0.565. The van der Waals surface area contributed by atoms with E-state index in [1.165, 1.54) is 30.5 Å². The van der Waals surface area contributed by atoms with Gasteiger partial charge in [-0.25, -0.2) is 4.79 Å². The molecule has 0 unspecified atom stereocenters. The second-order valence-electron chi connectivity index (χ2n) is 8.22. The van der Waals surface area contributed by atoms with E-state index in [4.69, 9.17) is 30.8 Å². The molecule has 11 heteroatoms. The van der Waals surface area contributed by atoms with E-state index < -0.39 is 11.4 Å². The number of esters is 1. The van der Waals surface area contributed by atoms with E-state index in [1.807, 2.05) is 17.5 Å². The van der Waals surface area contributed by atoms with E-state index in [1.54, 1.807) is 44.9 Å². The molecule has 8 nitrogen and oxygen atoms in total. The Morgan fingerprint density at radius 1 is 0.897 bits per heavy atom. The van der Waals surface area contributed by atoms with E-state index >= 15 is 0 Å². The van der Waals surface area contributed by atoms with Gasteiger partial charge in [-0.15, -0.1) is 0 Å². The van der Waals surface area contributed by atoms with Crippen LogP contribution in [0.15, 0.2) is 81.5 Å². The summed E-state index contributed by atoms with van der Waals surface area (Å²) in [5, 5.41) is 21.9. The lowest BCUT2D eigenvalue weighted by Gasteiger charge is -2.10. The zero-order valence-corrected chi connectivity index (χ0v) is 22.6. The van der Waals surface area contributed by atoms with Crippen LogP contribution >= 0.6 is 32.9 Å². The first kappa shape index (κ1) is 26.4. The van der Waals surface area contributed by atoms with Crippen molar-refractivity contribution in [2.75, 3.05) is 19.8 Å². The summed E-state index contributed by atoms with van der Waals surface area (Å²) in [7, 11) is 3.13. The topological polar surface area (TPSA) is 115 Å². The molecular weight excluding hydrogens is 561 g/mol. The van der Waals surface area contributed by atoms with Crippen LogP contribution in [0.4, 0.5) is 0 Å². The van der Waals surface area contributed by atoms with Gasteiger partial charge < -0.3 is 28.8 Å². The molecule has 0 aliphatic heterocycles. The van der Waals surface area contributed by atoms with Crippen LogP contribution in [-0.2, 0) is 9.53 Å². The van der Waals surface area contributed by atoms with Crippen molar-refractivity contribution in [3.05, 3.63) is 86.4 Å². The number of fused-ring (bicyclic) bond motifs is 1. The molecule has 0 aliphatic carbocycles. The van der Waals surface area contributed by atoms with Gasteiger partial charge in [0.05, 0.1) is 5.56 Å². The second kappa shape index (κ2) is 11.7. The number of aromatic hydroxyl groups is 2. The highest BCUT2D eigenvalue weighted by molar-refractivity contribution is 7.79. The third kappa shape index (κ3) is 6.11. The summed E-state index contributed by atoms with van der Waals surface area (Å²) in [6.45, 7) is -0.311. The number of carbonyl (C=O) groups is 1. The van der Waals surface area contributed by atoms with Gasteiger partial charge in [0.2, 0.25) is 5.43 Å². The van der Waals surface area contributed by atoms with Crippen molar-refractivity contribution in [1.82, 2.24) is 0 Å². The number of hydrogen-bond donors (Lipinski definition) is 2. The monoisotopic (exact) mass is 580 g/mol. The fraction of sp³-hybridized carbons (Fsp3) is 0.107. The molecule has 0 saturated carbocycles. The molecule has 5 aromatic rings. The molecule has 2 aromatic heterocycles. The molecule has 0 aliphatic rings. The van der Waals surface area contributed by atoms with Crippen molar-refractivity contribution in [3.8, 4) is 45.3 Å². The number of benzene rings is 3. The number of ether oxygens (including phenoxy) is 3. The van der Waals surface area contributed by atoms with Crippen LogP contribution in [0.2, 0.25) is 0 Å². The van der Waals surface area contributed by atoms with Gasteiger partial charge in [0, 0.05) is 23.1 Å². The Morgan fingerprint density at radius 3 is 2.33 bits per heavy atom. The molecule has 2 N–H and O–H groups in total. The molecule has 39 heavy (non-hydrogen) atoms. The first-order valence-electron chi connectivity index (χ1n) is 11.6. The molecule has 0 spiro atoms. The van der Waals surface area contributed by atoms with Gasteiger partial charge in [-0.3, -0.25) is 4.79 Å². The Kier molecular flexibility index (Phi) is 7.92. The van der Waals surface area contributed by atoms with E-state index in [-0.39, 0.29) is 53.6 Å². The van der Waals surface area contributed by atoms with E-state index in [9.17, 15) is 19.8 Å². The molecule has 2 heterocycles. The SMILES string of the molecule is O=C(COc1ccc(-c2cssc2=S)cc1)OCCOc1cc(O)c2c(=O)c(-c3ccc(O)cc3)coc2c1. The number of hydrogen-bond acceptors (Lipinski definition) is 11. The molecular formula is C28H20O8S3. The molecule has 0 atom stereocenters. The average Bonchev–Trinajstić information content (AvgIpc) is 3.36. The van der Waals surface area contributed by atoms with Crippen LogP contribution in [0, 0.1) is 3.82 Å². The van der Waals surface area contributed by atoms with Gasteiger partial charge in [-0.1, -0.05) is 57.2 Å².